The molecule has 0 fully saturated rings. The van der Waals surface area contributed by atoms with E-state index in [1.807, 2.05) is 11.5 Å². The van der Waals surface area contributed by atoms with Gasteiger partial charge in [-0.15, -0.1) is 0 Å². The summed E-state index contributed by atoms with van der Waals surface area (Å²) in [4.78, 5) is 12.5. The van der Waals surface area contributed by atoms with Gasteiger partial charge in [0.1, 0.15) is 23.2 Å². The van der Waals surface area contributed by atoms with Crippen LogP contribution in [-0.4, -0.2) is 19.5 Å². The van der Waals surface area contributed by atoms with Crippen LogP contribution in [0.25, 0.3) is 16.9 Å². The number of rotatable bonds is 0. The zero-order valence-corrected chi connectivity index (χ0v) is 7.75. The van der Waals surface area contributed by atoms with Crippen LogP contribution in [-0.2, 0) is 0 Å². The number of imidazole rings is 1. The maximum Gasteiger partial charge on any atom is 0.182 e. The molecule has 0 saturated carbocycles. The Labute approximate surface area is 78.7 Å². The Morgan fingerprint density at radius 1 is 1.31 bits per heavy atom. The number of thioether (sulfide) groups is 1. The third-order valence-electron chi connectivity index (χ3n) is 2.03. The fourth-order valence-electron chi connectivity index (χ4n) is 1.38. The highest BCUT2D eigenvalue weighted by Gasteiger charge is 2.14. The van der Waals surface area contributed by atoms with Crippen LogP contribution in [0.3, 0.4) is 0 Å². The second-order valence-corrected chi connectivity index (χ2v) is 3.70. The minimum atomic E-state index is 0.768. The molecule has 0 bridgehead atoms. The van der Waals surface area contributed by atoms with Crippen LogP contribution in [0.5, 0.6) is 0 Å². The minimum Gasteiger partial charge on any atom is -0.299 e. The molecule has 0 atom stereocenters. The lowest BCUT2D eigenvalue weighted by Gasteiger charge is -2.10. The van der Waals surface area contributed by atoms with Gasteiger partial charge in [0.2, 0.25) is 0 Å². The minimum absolute atomic E-state index is 0.768. The predicted octanol–water partition coefficient (Wildman–Crippen LogP) is 1.75. The van der Waals surface area contributed by atoms with Gasteiger partial charge in [-0.2, -0.15) is 0 Å². The number of allylic oxidation sites excluding steroid dienone is 1. The highest BCUT2D eigenvalue weighted by molar-refractivity contribution is 8.02. The van der Waals surface area contributed by atoms with Crippen LogP contribution < -0.4 is 0 Å². The van der Waals surface area contributed by atoms with E-state index >= 15 is 0 Å². The van der Waals surface area contributed by atoms with Gasteiger partial charge in [0.15, 0.2) is 5.65 Å². The lowest BCUT2D eigenvalue weighted by atomic mass is 10.5. The lowest BCUT2D eigenvalue weighted by Crippen LogP contribution is -1.97. The zero-order chi connectivity index (χ0) is 8.84. The fraction of sp³-hybridized carbons (Fsp3) is 0.125. The van der Waals surface area contributed by atoms with E-state index in [0.717, 1.165) is 21.9 Å². The molecular weight excluding hydrogens is 184 g/mol. The van der Waals surface area contributed by atoms with Crippen molar-refractivity contribution in [3.8, 4) is 0 Å². The van der Waals surface area contributed by atoms with Crippen molar-refractivity contribution in [1.29, 1.82) is 0 Å². The monoisotopic (exact) mass is 190 g/mol. The van der Waals surface area contributed by atoms with Crippen LogP contribution in [0, 0.1) is 0 Å². The quantitative estimate of drug-likeness (QED) is 0.593. The highest BCUT2D eigenvalue weighted by atomic mass is 32.2. The molecule has 0 unspecified atom stereocenters. The van der Waals surface area contributed by atoms with Gasteiger partial charge in [0.25, 0.3) is 0 Å². The van der Waals surface area contributed by atoms with Gasteiger partial charge in [-0.25, -0.2) is 15.0 Å². The molecule has 4 nitrogen and oxygen atoms in total. The Balaban J connectivity index is 2.51. The predicted molar refractivity (Wildman–Crippen MR) is 51.1 cm³/mol. The summed E-state index contributed by atoms with van der Waals surface area (Å²) in [5.74, 6) is 0. The number of hydrogen-bond acceptors (Lipinski definition) is 4. The van der Waals surface area contributed by atoms with Crippen molar-refractivity contribution < 1.29 is 0 Å². The van der Waals surface area contributed by atoms with E-state index in [2.05, 4.69) is 20.4 Å². The van der Waals surface area contributed by atoms with E-state index in [0.29, 0.717) is 0 Å². The molecule has 0 spiro atoms. The van der Waals surface area contributed by atoms with Gasteiger partial charge >= 0.3 is 0 Å². The van der Waals surface area contributed by atoms with Crippen molar-refractivity contribution in [3.63, 3.8) is 0 Å². The number of aromatic nitrogens is 4. The molecule has 3 rings (SSSR count). The molecule has 1 aliphatic heterocycles. The first-order chi connectivity index (χ1) is 6.36. The molecular formula is C8H6N4S. The van der Waals surface area contributed by atoms with Gasteiger partial charge in [-0.3, -0.25) is 4.57 Å². The SMILES string of the molecule is CC1=CSc2ncnc3ncn1c23. The summed E-state index contributed by atoms with van der Waals surface area (Å²) in [6.07, 6.45) is 3.34. The molecule has 0 radical (unpaired) electrons. The average Bonchev–Trinajstić information content (AvgIpc) is 2.57. The van der Waals surface area contributed by atoms with Crippen LogP contribution in [0.4, 0.5) is 0 Å². The van der Waals surface area contributed by atoms with Crippen molar-refractivity contribution in [2.75, 3.05) is 0 Å². The summed E-state index contributed by atoms with van der Waals surface area (Å²) in [6, 6.07) is 0. The zero-order valence-electron chi connectivity index (χ0n) is 6.93. The van der Waals surface area contributed by atoms with E-state index in [-0.39, 0.29) is 0 Å². The smallest absolute Gasteiger partial charge is 0.182 e. The summed E-state index contributed by atoms with van der Waals surface area (Å²) in [5, 5.41) is 3.05. The first kappa shape index (κ1) is 7.08. The van der Waals surface area contributed by atoms with Crippen molar-refractivity contribution in [1.82, 2.24) is 19.5 Å². The van der Waals surface area contributed by atoms with Crippen LogP contribution in [0.1, 0.15) is 6.92 Å². The van der Waals surface area contributed by atoms with Crippen molar-refractivity contribution in [2.24, 2.45) is 0 Å². The molecule has 2 aromatic rings. The summed E-state index contributed by atoms with van der Waals surface area (Å²) in [5.41, 5.74) is 2.95. The van der Waals surface area contributed by atoms with Gasteiger partial charge in [0.05, 0.1) is 0 Å². The lowest BCUT2D eigenvalue weighted by molar-refractivity contribution is 1.04. The van der Waals surface area contributed by atoms with E-state index in [4.69, 9.17) is 0 Å². The molecule has 13 heavy (non-hydrogen) atoms. The molecule has 2 aromatic heterocycles. The molecule has 0 amide bonds. The van der Waals surface area contributed by atoms with Crippen molar-refractivity contribution in [2.45, 2.75) is 11.9 Å². The van der Waals surface area contributed by atoms with E-state index in [1.54, 1.807) is 24.4 Å². The van der Waals surface area contributed by atoms with E-state index in [1.165, 1.54) is 0 Å². The van der Waals surface area contributed by atoms with Crippen molar-refractivity contribution >= 4 is 28.6 Å². The van der Waals surface area contributed by atoms with Crippen LogP contribution in [0.2, 0.25) is 0 Å². The Bertz CT molecular complexity index is 514. The standard InChI is InChI=1S/C8H6N4S/c1-5-2-13-8-6-7(9-3-10-8)11-4-12(5)6/h2-4H,1H3. The third-order valence-corrected chi connectivity index (χ3v) is 3.01. The van der Waals surface area contributed by atoms with Crippen molar-refractivity contribution in [3.05, 3.63) is 18.1 Å². The first-order valence-electron chi connectivity index (χ1n) is 3.88. The topological polar surface area (TPSA) is 43.6 Å². The number of nitrogens with zero attached hydrogens (tertiary/aromatic N) is 4. The maximum atomic E-state index is 4.20. The van der Waals surface area contributed by atoms with Gasteiger partial charge < -0.3 is 0 Å². The Morgan fingerprint density at radius 2 is 2.23 bits per heavy atom. The Hall–Kier alpha value is -1.36. The first-order valence-corrected chi connectivity index (χ1v) is 4.76. The highest BCUT2D eigenvalue weighted by Crippen LogP contribution is 2.32. The molecule has 1 aliphatic rings. The fourth-order valence-corrected chi connectivity index (χ4v) is 2.19. The second-order valence-electron chi connectivity index (χ2n) is 2.84. The third kappa shape index (κ3) is 0.846. The molecule has 64 valence electrons. The summed E-state index contributed by atoms with van der Waals surface area (Å²) in [6.45, 7) is 2.05. The van der Waals surface area contributed by atoms with Gasteiger partial charge in [-0.05, 0) is 12.3 Å². The second kappa shape index (κ2) is 2.32. The largest absolute Gasteiger partial charge is 0.299 e. The van der Waals surface area contributed by atoms with E-state index < -0.39 is 0 Å². The molecule has 0 aromatic carbocycles. The molecule has 5 heteroatoms. The van der Waals surface area contributed by atoms with Gasteiger partial charge in [0, 0.05) is 5.70 Å². The van der Waals surface area contributed by atoms with Gasteiger partial charge in [-0.1, -0.05) is 11.8 Å². The Kier molecular flexibility index (Phi) is 1.26. The molecule has 0 saturated heterocycles. The molecule has 3 heterocycles. The van der Waals surface area contributed by atoms with Crippen LogP contribution >= 0.6 is 11.8 Å². The van der Waals surface area contributed by atoms with E-state index in [9.17, 15) is 0 Å². The normalized spacial score (nSPS) is 14.7. The summed E-state index contributed by atoms with van der Waals surface area (Å²) < 4.78 is 2.02. The van der Waals surface area contributed by atoms with Crippen LogP contribution in [0.15, 0.2) is 23.1 Å². The molecule has 0 aliphatic carbocycles. The summed E-state index contributed by atoms with van der Waals surface area (Å²) in [7, 11) is 0. The maximum absolute atomic E-state index is 4.20. The number of hydrogen-bond donors (Lipinski definition) is 0. The molecule has 0 N–H and O–H groups in total. The summed E-state index contributed by atoms with van der Waals surface area (Å²) >= 11 is 1.62. The Morgan fingerprint density at radius 3 is 3.15 bits per heavy atom. The average molecular weight is 190 g/mol.